The lowest BCUT2D eigenvalue weighted by Gasteiger charge is -2.14. The Kier molecular flexibility index (Phi) is 3.78. The van der Waals surface area contributed by atoms with E-state index in [1.807, 2.05) is 4.98 Å². The molecule has 0 atom stereocenters. The number of carbonyl (C=O) groups is 1. The van der Waals surface area contributed by atoms with Gasteiger partial charge in [0.1, 0.15) is 5.82 Å². The van der Waals surface area contributed by atoms with Gasteiger partial charge in [0.25, 0.3) is 5.56 Å². The predicted octanol–water partition coefficient (Wildman–Crippen LogP) is -1.31. The van der Waals surface area contributed by atoms with Crippen LogP contribution >= 0.6 is 0 Å². The van der Waals surface area contributed by atoms with Gasteiger partial charge in [-0.05, 0) is 6.92 Å². The van der Waals surface area contributed by atoms with Crippen molar-refractivity contribution in [2.45, 2.75) is 19.9 Å². The molecule has 2 heterocycles. The largest absolute Gasteiger partial charge is 0.338 e. The molecule has 9 heteroatoms. The summed E-state index contributed by atoms with van der Waals surface area (Å²) in [6, 6.07) is 1.18. The molecule has 2 aromatic heterocycles. The number of nitrogens with zero attached hydrogens (tertiary/aromatic N) is 3. The minimum atomic E-state index is -0.632. The molecule has 3 N–H and O–H groups in total. The third-order valence-electron chi connectivity index (χ3n) is 2.61. The number of amides is 1. The Morgan fingerprint density at radius 1 is 1.35 bits per heavy atom. The maximum atomic E-state index is 12.0. The highest BCUT2D eigenvalue weighted by Crippen LogP contribution is 2.00. The van der Waals surface area contributed by atoms with E-state index in [0.717, 1.165) is 0 Å². The molecule has 0 aromatic carbocycles. The lowest BCUT2D eigenvalue weighted by molar-refractivity contribution is -0.129. The highest BCUT2D eigenvalue weighted by atomic mass is 16.2. The van der Waals surface area contributed by atoms with Gasteiger partial charge in [-0.25, -0.2) is 9.78 Å². The van der Waals surface area contributed by atoms with E-state index >= 15 is 0 Å². The lowest BCUT2D eigenvalue weighted by Crippen LogP contribution is -2.30. The first-order valence-electron chi connectivity index (χ1n) is 5.88. The van der Waals surface area contributed by atoms with Gasteiger partial charge in [0.05, 0.1) is 13.0 Å². The van der Waals surface area contributed by atoms with Crippen molar-refractivity contribution in [2.24, 2.45) is 0 Å². The third kappa shape index (κ3) is 3.40. The number of hydrogen-bond acceptors (Lipinski definition) is 5. The fourth-order valence-electron chi connectivity index (χ4n) is 1.67. The molecule has 9 nitrogen and oxygen atoms in total. The molecule has 2 aromatic rings. The molecule has 0 unspecified atom stereocenters. The number of likely N-dealkylation sites (N-methyl/N-ethyl adjacent to an activating group) is 1. The molecule has 0 fully saturated rings. The highest BCUT2D eigenvalue weighted by molar-refractivity contribution is 5.77. The summed E-state index contributed by atoms with van der Waals surface area (Å²) in [5.41, 5.74) is -0.905. The average molecular weight is 278 g/mol. The molecular formula is C11H14N6O3. The molecule has 0 aliphatic heterocycles. The quantitative estimate of drug-likeness (QED) is 0.640. The standard InChI is InChI=1S/C11H14N6O3/c1-6-12-8(16-15-6)5-17(2)10(19)4-7-3-9(18)14-11(20)13-7/h3H,4-5H2,1-2H3,(H,12,15,16)(H2,13,14,18,20). The van der Waals surface area contributed by atoms with Crippen LogP contribution < -0.4 is 11.2 Å². The van der Waals surface area contributed by atoms with Crippen molar-refractivity contribution in [3.8, 4) is 0 Å². The lowest BCUT2D eigenvalue weighted by atomic mass is 10.2. The van der Waals surface area contributed by atoms with E-state index in [0.29, 0.717) is 11.6 Å². The number of carbonyl (C=O) groups excluding carboxylic acids is 1. The Balaban J connectivity index is 2.03. The van der Waals surface area contributed by atoms with Crippen molar-refractivity contribution in [1.82, 2.24) is 30.0 Å². The van der Waals surface area contributed by atoms with E-state index < -0.39 is 11.2 Å². The smallest absolute Gasteiger partial charge is 0.325 e. The minimum Gasteiger partial charge on any atom is -0.338 e. The molecule has 0 saturated heterocycles. The maximum absolute atomic E-state index is 12.0. The van der Waals surface area contributed by atoms with Crippen LogP contribution in [0.4, 0.5) is 0 Å². The number of H-pyrrole nitrogens is 3. The fraction of sp³-hybridized carbons (Fsp3) is 0.364. The number of nitrogens with one attached hydrogen (secondary N) is 3. The van der Waals surface area contributed by atoms with E-state index in [1.54, 1.807) is 14.0 Å². The maximum Gasteiger partial charge on any atom is 0.325 e. The van der Waals surface area contributed by atoms with Crippen molar-refractivity contribution < 1.29 is 4.79 Å². The van der Waals surface area contributed by atoms with Gasteiger partial charge < -0.3 is 9.88 Å². The monoisotopic (exact) mass is 278 g/mol. The van der Waals surface area contributed by atoms with Crippen LogP contribution in [0, 0.1) is 6.92 Å². The van der Waals surface area contributed by atoms with Crippen molar-refractivity contribution in [2.75, 3.05) is 7.05 Å². The summed E-state index contributed by atoms with van der Waals surface area (Å²) in [6.45, 7) is 2.01. The van der Waals surface area contributed by atoms with Crippen LogP contribution in [-0.2, 0) is 17.8 Å². The summed E-state index contributed by atoms with van der Waals surface area (Å²) in [5, 5.41) is 6.62. The van der Waals surface area contributed by atoms with Gasteiger partial charge in [0.15, 0.2) is 5.82 Å². The first-order valence-corrected chi connectivity index (χ1v) is 5.88. The van der Waals surface area contributed by atoms with Crippen molar-refractivity contribution in [3.63, 3.8) is 0 Å². The SMILES string of the molecule is Cc1nc(CN(C)C(=O)Cc2cc(=O)[nH]c(=O)[nH]2)n[nH]1. The molecule has 20 heavy (non-hydrogen) atoms. The molecule has 0 spiro atoms. The number of aromatic amines is 3. The Morgan fingerprint density at radius 2 is 2.10 bits per heavy atom. The van der Waals surface area contributed by atoms with Crippen LogP contribution in [0.2, 0.25) is 0 Å². The van der Waals surface area contributed by atoms with E-state index in [4.69, 9.17) is 0 Å². The summed E-state index contributed by atoms with van der Waals surface area (Å²) in [5.74, 6) is 0.909. The average Bonchev–Trinajstić information content (AvgIpc) is 2.73. The minimum absolute atomic E-state index is 0.0704. The van der Waals surface area contributed by atoms with Gasteiger partial charge in [-0.2, -0.15) is 5.10 Å². The zero-order chi connectivity index (χ0) is 14.7. The predicted molar refractivity (Wildman–Crippen MR) is 69.0 cm³/mol. The molecule has 106 valence electrons. The fourth-order valence-corrected chi connectivity index (χ4v) is 1.67. The second-order valence-electron chi connectivity index (χ2n) is 4.38. The van der Waals surface area contributed by atoms with Crippen LogP contribution in [0.1, 0.15) is 17.3 Å². The van der Waals surface area contributed by atoms with Crippen LogP contribution in [-0.4, -0.2) is 43.0 Å². The van der Waals surface area contributed by atoms with Crippen molar-refractivity contribution in [1.29, 1.82) is 0 Å². The molecule has 0 saturated carbocycles. The van der Waals surface area contributed by atoms with Gasteiger partial charge in [-0.15, -0.1) is 0 Å². The molecule has 0 radical (unpaired) electrons. The summed E-state index contributed by atoms with van der Waals surface area (Å²) >= 11 is 0. The summed E-state index contributed by atoms with van der Waals surface area (Å²) in [7, 11) is 1.60. The summed E-state index contributed by atoms with van der Waals surface area (Å²) in [4.78, 5) is 44.2. The summed E-state index contributed by atoms with van der Waals surface area (Å²) in [6.07, 6.45) is -0.0704. The van der Waals surface area contributed by atoms with Crippen LogP contribution in [0.15, 0.2) is 15.7 Å². The zero-order valence-electron chi connectivity index (χ0n) is 11.1. The van der Waals surface area contributed by atoms with Crippen molar-refractivity contribution in [3.05, 3.63) is 44.2 Å². The van der Waals surface area contributed by atoms with E-state index in [2.05, 4.69) is 20.2 Å². The number of aryl methyl sites for hydroxylation is 1. The van der Waals surface area contributed by atoms with Crippen LogP contribution in [0.3, 0.4) is 0 Å². The number of rotatable bonds is 4. The Bertz CT molecular complexity index is 700. The van der Waals surface area contributed by atoms with Gasteiger partial charge >= 0.3 is 5.69 Å². The molecule has 2 rings (SSSR count). The third-order valence-corrected chi connectivity index (χ3v) is 2.61. The molecule has 0 aliphatic rings. The number of hydrogen-bond donors (Lipinski definition) is 3. The first kappa shape index (κ1) is 13.7. The molecule has 0 bridgehead atoms. The van der Waals surface area contributed by atoms with E-state index in [-0.39, 0.29) is 24.6 Å². The Labute approximate surface area is 113 Å². The Hall–Kier alpha value is -2.71. The van der Waals surface area contributed by atoms with E-state index in [1.165, 1.54) is 11.0 Å². The van der Waals surface area contributed by atoms with Crippen LogP contribution in [0.25, 0.3) is 0 Å². The van der Waals surface area contributed by atoms with Crippen LogP contribution in [0.5, 0.6) is 0 Å². The summed E-state index contributed by atoms with van der Waals surface area (Å²) < 4.78 is 0. The second-order valence-corrected chi connectivity index (χ2v) is 4.38. The van der Waals surface area contributed by atoms with Gasteiger partial charge in [-0.1, -0.05) is 0 Å². The highest BCUT2D eigenvalue weighted by Gasteiger charge is 2.13. The molecule has 0 aliphatic carbocycles. The first-order chi connectivity index (χ1) is 9.44. The topological polar surface area (TPSA) is 128 Å². The van der Waals surface area contributed by atoms with Gasteiger partial charge in [0.2, 0.25) is 5.91 Å². The van der Waals surface area contributed by atoms with Gasteiger partial charge in [-0.3, -0.25) is 19.7 Å². The number of aromatic nitrogens is 5. The van der Waals surface area contributed by atoms with Gasteiger partial charge in [0, 0.05) is 18.8 Å². The van der Waals surface area contributed by atoms with E-state index in [9.17, 15) is 14.4 Å². The van der Waals surface area contributed by atoms with Crippen molar-refractivity contribution >= 4 is 5.91 Å². The zero-order valence-corrected chi connectivity index (χ0v) is 11.1. The Morgan fingerprint density at radius 3 is 2.70 bits per heavy atom. The molecular weight excluding hydrogens is 264 g/mol. The normalized spacial score (nSPS) is 10.5. The second kappa shape index (κ2) is 5.51. The molecule has 1 amide bonds.